The van der Waals surface area contributed by atoms with E-state index in [1.165, 1.54) is 0 Å². The van der Waals surface area contributed by atoms with E-state index in [4.69, 9.17) is 9.15 Å². The van der Waals surface area contributed by atoms with Crippen molar-refractivity contribution in [2.24, 2.45) is 0 Å². The molecular weight excluding hydrogens is 320 g/mol. The number of carbonyl (C=O) groups is 1. The van der Waals surface area contributed by atoms with Gasteiger partial charge in [0.2, 0.25) is 0 Å². The summed E-state index contributed by atoms with van der Waals surface area (Å²) in [6.45, 7) is 5.28. The molecule has 1 saturated heterocycles. The minimum Gasteiger partial charge on any atom is -0.493 e. The molecule has 0 radical (unpaired) electrons. The summed E-state index contributed by atoms with van der Waals surface area (Å²) in [4.78, 5) is 14.8. The van der Waals surface area contributed by atoms with E-state index in [0.717, 1.165) is 49.8 Å². The Bertz CT molecular complexity index is 732. The van der Waals surface area contributed by atoms with E-state index in [1.807, 2.05) is 25.1 Å². The smallest absolute Gasteiger partial charge is 0.287 e. The fourth-order valence-electron chi connectivity index (χ4n) is 3.32. The summed E-state index contributed by atoms with van der Waals surface area (Å²) in [5, 5.41) is 13.4. The molecule has 1 aromatic carbocycles. The van der Waals surface area contributed by atoms with Crippen molar-refractivity contribution in [3.63, 3.8) is 0 Å². The zero-order valence-corrected chi connectivity index (χ0v) is 14.9. The van der Waals surface area contributed by atoms with Gasteiger partial charge in [0.25, 0.3) is 5.91 Å². The lowest BCUT2D eigenvalue weighted by atomic mass is 10.1. The zero-order valence-electron chi connectivity index (χ0n) is 14.9. The molecule has 2 N–H and O–H groups in total. The molecule has 0 saturated carbocycles. The molecule has 0 unspecified atom stereocenters. The Labute approximate surface area is 147 Å². The van der Waals surface area contributed by atoms with E-state index in [0.29, 0.717) is 23.6 Å². The summed E-state index contributed by atoms with van der Waals surface area (Å²) in [7, 11) is 1.59. The summed E-state index contributed by atoms with van der Waals surface area (Å²) >= 11 is 0. The number of hydrogen-bond donors (Lipinski definition) is 2. The molecule has 2 heterocycles. The van der Waals surface area contributed by atoms with E-state index in [2.05, 4.69) is 10.2 Å². The number of nitrogens with zero attached hydrogens (tertiary/aromatic N) is 1. The van der Waals surface area contributed by atoms with Crippen LogP contribution >= 0.6 is 0 Å². The molecule has 1 fully saturated rings. The SMILES string of the molecule is COc1cccc2c(C)c(C(=O)NCCCN3CCC(O)CC3)oc12. The van der Waals surface area contributed by atoms with Crippen LogP contribution < -0.4 is 10.1 Å². The maximum absolute atomic E-state index is 12.4. The van der Waals surface area contributed by atoms with Crippen molar-refractivity contribution in [3.05, 3.63) is 29.5 Å². The van der Waals surface area contributed by atoms with Crippen LogP contribution in [0.3, 0.4) is 0 Å². The second kappa shape index (κ2) is 7.89. The van der Waals surface area contributed by atoms with Gasteiger partial charge in [-0.1, -0.05) is 12.1 Å². The molecule has 0 atom stereocenters. The number of nitrogens with one attached hydrogen (secondary N) is 1. The Kier molecular flexibility index (Phi) is 5.60. The number of hydrogen-bond acceptors (Lipinski definition) is 5. The molecule has 25 heavy (non-hydrogen) atoms. The van der Waals surface area contributed by atoms with Crippen molar-refractivity contribution < 1.29 is 19.1 Å². The van der Waals surface area contributed by atoms with Crippen molar-refractivity contribution in [1.82, 2.24) is 10.2 Å². The minimum absolute atomic E-state index is 0.149. The number of amides is 1. The number of fused-ring (bicyclic) bond motifs is 1. The van der Waals surface area contributed by atoms with Crippen LogP contribution in [0.1, 0.15) is 35.4 Å². The molecule has 1 aliphatic rings. The van der Waals surface area contributed by atoms with Crippen LogP contribution in [0.25, 0.3) is 11.0 Å². The lowest BCUT2D eigenvalue weighted by molar-refractivity contribution is 0.0814. The van der Waals surface area contributed by atoms with Crippen molar-refractivity contribution in [2.45, 2.75) is 32.3 Å². The van der Waals surface area contributed by atoms with Crippen LogP contribution in [-0.2, 0) is 0 Å². The number of carbonyl (C=O) groups excluding carboxylic acids is 1. The number of methoxy groups -OCH3 is 1. The van der Waals surface area contributed by atoms with Crippen LogP contribution in [0.15, 0.2) is 22.6 Å². The largest absolute Gasteiger partial charge is 0.493 e. The van der Waals surface area contributed by atoms with Gasteiger partial charge < -0.3 is 24.5 Å². The highest BCUT2D eigenvalue weighted by Crippen LogP contribution is 2.32. The first-order chi connectivity index (χ1) is 12.1. The standard InChI is InChI=1S/C19H26N2O4/c1-13-15-5-3-6-16(24-2)18(15)25-17(13)19(23)20-9-4-10-21-11-7-14(22)8-12-21/h3,5-6,14,22H,4,7-12H2,1-2H3,(H,20,23). The first-order valence-electron chi connectivity index (χ1n) is 8.85. The lowest BCUT2D eigenvalue weighted by Gasteiger charge is -2.29. The monoisotopic (exact) mass is 346 g/mol. The van der Waals surface area contributed by atoms with Crippen molar-refractivity contribution >= 4 is 16.9 Å². The molecule has 136 valence electrons. The van der Waals surface area contributed by atoms with E-state index < -0.39 is 0 Å². The Morgan fingerprint density at radius 2 is 2.16 bits per heavy atom. The first-order valence-corrected chi connectivity index (χ1v) is 8.85. The Morgan fingerprint density at radius 3 is 2.88 bits per heavy atom. The van der Waals surface area contributed by atoms with Crippen LogP contribution in [-0.4, -0.2) is 55.3 Å². The summed E-state index contributed by atoms with van der Waals surface area (Å²) < 4.78 is 11.1. The summed E-state index contributed by atoms with van der Waals surface area (Å²) in [6, 6.07) is 5.64. The fourth-order valence-corrected chi connectivity index (χ4v) is 3.32. The van der Waals surface area contributed by atoms with Crippen molar-refractivity contribution in [3.8, 4) is 5.75 Å². The van der Waals surface area contributed by atoms with Gasteiger partial charge in [0, 0.05) is 30.6 Å². The fraction of sp³-hybridized carbons (Fsp3) is 0.526. The summed E-state index contributed by atoms with van der Waals surface area (Å²) in [6.07, 6.45) is 2.41. The Morgan fingerprint density at radius 1 is 1.40 bits per heavy atom. The Balaban J connectivity index is 1.55. The van der Waals surface area contributed by atoms with Crippen molar-refractivity contribution in [1.29, 1.82) is 0 Å². The number of aliphatic hydroxyl groups excluding tert-OH is 1. The van der Waals surface area contributed by atoms with E-state index in [9.17, 15) is 9.90 Å². The molecule has 0 spiro atoms. The number of aliphatic hydroxyl groups is 1. The maximum atomic E-state index is 12.4. The number of furan rings is 1. The van der Waals surface area contributed by atoms with Crippen LogP contribution in [0.2, 0.25) is 0 Å². The van der Waals surface area contributed by atoms with Gasteiger partial charge in [-0.05, 0) is 38.8 Å². The number of likely N-dealkylation sites (tertiary alicyclic amines) is 1. The van der Waals surface area contributed by atoms with Gasteiger partial charge in [-0.25, -0.2) is 0 Å². The second-order valence-electron chi connectivity index (χ2n) is 6.58. The lowest BCUT2D eigenvalue weighted by Crippen LogP contribution is -2.37. The van der Waals surface area contributed by atoms with Gasteiger partial charge in [-0.3, -0.25) is 4.79 Å². The summed E-state index contributed by atoms with van der Waals surface area (Å²) in [5.74, 6) is 0.789. The molecule has 0 bridgehead atoms. The normalized spacial score (nSPS) is 16.3. The first kappa shape index (κ1) is 17.8. The van der Waals surface area contributed by atoms with Gasteiger partial charge in [0.05, 0.1) is 13.2 Å². The van der Waals surface area contributed by atoms with Gasteiger partial charge >= 0.3 is 0 Å². The quantitative estimate of drug-likeness (QED) is 0.785. The van der Waals surface area contributed by atoms with Crippen molar-refractivity contribution in [2.75, 3.05) is 33.3 Å². The number of benzene rings is 1. The summed E-state index contributed by atoms with van der Waals surface area (Å²) in [5.41, 5.74) is 1.44. The molecule has 6 nitrogen and oxygen atoms in total. The average molecular weight is 346 g/mol. The third-order valence-electron chi connectivity index (χ3n) is 4.85. The van der Waals surface area contributed by atoms with Gasteiger partial charge in [0.15, 0.2) is 17.1 Å². The number of rotatable bonds is 6. The highest BCUT2D eigenvalue weighted by molar-refractivity contribution is 6.00. The Hall–Kier alpha value is -2.05. The molecule has 1 aromatic heterocycles. The van der Waals surface area contributed by atoms with Gasteiger partial charge in [0.1, 0.15) is 0 Å². The molecule has 3 rings (SSSR count). The maximum Gasteiger partial charge on any atom is 0.287 e. The molecule has 6 heteroatoms. The molecule has 1 aliphatic heterocycles. The topological polar surface area (TPSA) is 74.9 Å². The molecular formula is C19H26N2O4. The van der Waals surface area contributed by atoms with Gasteiger partial charge in [-0.15, -0.1) is 0 Å². The highest BCUT2D eigenvalue weighted by atomic mass is 16.5. The molecule has 0 aliphatic carbocycles. The zero-order chi connectivity index (χ0) is 17.8. The number of aryl methyl sites for hydroxylation is 1. The van der Waals surface area contributed by atoms with E-state index >= 15 is 0 Å². The van der Waals surface area contributed by atoms with Crippen LogP contribution in [0, 0.1) is 6.92 Å². The third-order valence-corrected chi connectivity index (χ3v) is 4.85. The predicted octanol–water partition coefficient (Wildman–Crippen LogP) is 2.33. The second-order valence-corrected chi connectivity index (χ2v) is 6.58. The van der Waals surface area contributed by atoms with E-state index in [1.54, 1.807) is 7.11 Å². The van der Waals surface area contributed by atoms with Gasteiger partial charge in [-0.2, -0.15) is 0 Å². The average Bonchev–Trinajstić information content (AvgIpc) is 2.97. The number of piperidine rings is 1. The number of para-hydroxylation sites is 1. The highest BCUT2D eigenvalue weighted by Gasteiger charge is 2.20. The minimum atomic E-state index is -0.190. The molecule has 1 amide bonds. The van der Waals surface area contributed by atoms with Crippen LogP contribution in [0.5, 0.6) is 5.75 Å². The predicted molar refractivity (Wildman–Crippen MR) is 96.1 cm³/mol. The van der Waals surface area contributed by atoms with E-state index in [-0.39, 0.29) is 12.0 Å². The molecule has 2 aromatic rings. The van der Waals surface area contributed by atoms with Crippen LogP contribution in [0.4, 0.5) is 0 Å². The number of ether oxygens (including phenoxy) is 1. The third kappa shape index (κ3) is 3.96.